The zero-order valence-electron chi connectivity index (χ0n) is 22.9. The topological polar surface area (TPSA) is 85.5 Å². The molecule has 3 heterocycles. The number of ether oxygens (including phenoxy) is 1. The van der Waals surface area contributed by atoms with Crippen LogP contribution in [0.15, 0.2) is 28.9 Å². The number of oxazole rings is 1. The minimum atomic E-state index is -0.465. The molecular formula is C28H43N5O4. The van der Waals surface area contributed by atoms with E-state index in [9.17, 15) is 9.90 Å². The Morgan fingerprint density at radius 1 is 1.00 bits per heavy atom. The normalized spacial score (nSPS) is 18.5. The summed E-state index contributed by atoms with van der Waals surface area (Å²) in [6, 6.07) is 6.37. The molecule has 1 atom stereocenters. The second-order valence-corrected chi connectivity index (χ2v) is 10.8. The molecule has 0 saturated carbocycles. The molecule has 2 aliphatic rings. The molecule has 1 aromatic carbocycles. The van der Waals surface area contributed by atoms with Crippen molar-refractivity contribution in [3.05, 3.63) is 47.2 Å². The molecule has 9 nitrogen and oxygen atoms in total. The van der Waals surface area contributed by atoms with E-state index in [4.69, 9.17) is 9.15 Å². The number of hydrogen-bond donors (Lipinski definition) is 1. The van der Waals surface area contributed by atoms with Crippen molar-refractivity contribution >= 4 is 11.6 Å². The monoisotopic (exact) mass is 513 g/mol. The molecular weight excluding hydrogens is 470 g/mol. The number of aliphatic hydroxyl groups excluding tert-OH is 1. The van der Waals surface area contributed by atoms with Gasteiger partial charge in [0.25, 0.3) is 5.91 Å². The van der Waals surface area contributed by atoms with Gasteiger partial charge >= 0.3 is 0 Å². The number of nitrogens with zero attached hydrogens (tertiary/aromatic N) is 5. The van der Waals surface area contributed by atoms with Crippen LogP contribution in [-0.4, -0.2) is 109 Å². The number of β-amino-alcohol motifs (C(OH)–C–C–N with tert-alkyl or cyclic N) is 1. The Hall–Kier alpha value is -2.46. The molecule has 204 valence electrons. The summed E-state index contributed by atoms with van der Waals surface area (Å²) in [5.74, 6) is 0.989. The van der Waals surface area contributed by atoms with Crippen LogP contribution in [0.4, 0.5) is 5.69 Å². The van der Waals surface area contributed by atoms with Gasteiger partial charge in [-0.3, -0.25) is 14.6 Å². The smallest absolute Gasteiger partial charge is 0.275 e. The van der Waals surface area contributed by atoms with Gasteiger partial charge in [0.2, 0.25) is 5.89 Å². The maximum Gasteiger partial charge on any atom is 0.275 e. The quantitative estimate of drug-likeness (QED) is 0.519. The van der Waals surface area contributed by atoms with Crippen molar-refractivity contribution in [3.8, 4) is 0 Å². The summed E-state index contributed by atoms with van der Waals surface area (Å²) in [4.78, 5) is 26.4. The molecule has 1 amide bonds. The summed E-state index contributed by atoms with van der Waals surface area (Å²) in [5.41, 5.74) is 4.22. The van der Waals surface area contributed by atoms with Crippen molar-refractivity contribution in [2.75, 3.05) is 77.0 Å². The molecule has 2 aliphatic heterocycles. The molecule has 4 rings (SSSR count). The van der Waals surface area contributed by atoms with E-state index in [1.165, 1.54) is 23.1 Å². The Kier molecular flexibility index (Phi) is 9.59. The van der Waals surface area contributed by atoms with E-state index >= 15 is 0 Å². The molecule has 2 fully saturated rings. The molecule has 0 aliphatic carbocycles. The Morgan fingerprint density at radius 3 is 2.30 bits per heavy atom. The fourth-order valence-corrected chi connectivity index (χ4v) is 5.19. The predicted octanol–water partition coefficient (Wildman–Crippen LogP) is 2.40. The predicted molar refractivity (Wildman–Crippen MR) is 144 cm³/mol. The lowest BCUT2D eigenvalue weighted by Crippen LogP contribution is -2.49. The molecule has 0 bridgehead atoms. The molecule has 0 radical (unpaired) electrons. The van der Waals surface area contributed by atoms with Crippen LogP contribution in [0.5, 0.6) is 0 Å². The van der Waals surface area contributed by atoms with E-state index in [1.54, 1.807) is 0 Å². The maximum absolute atomic E-state index is 13.1. The lowest BCUT2D eigenvalue weighted by Gasteiger charge is -2.37. The van der Waals surface area contributed by atoms with Gasteiger partial charge in [0, 0.05) is 71.2 Å². The number of aromatic nitrogens is 1. The van der Waals surface area contributed by atoms with Crippen molar-refractivity contribution in [1.82, 2.24) is 19.7 Å². The zero-order valence-corrected chi connectivity index (χ0v) is 22.9. The first-order valence-corrected chi connectivity index (χ1v) is 13.6. The van der Waals surface area contributed by atoms with Gasteiger partial charge in [-0.05, 0) is 30.9 Å². The zero-order chi connectivity index (χ0) is 26.4. The van der Waals surface area contributed by atoms with Crippen molar-refractivity contribution in [3.63, 3.8) is 0 Å². The third-order valence-electron chi connectivity index (χ3n) is 7.15. The standard InChI is InChI=1S/C28H43N5O4/c1-21(2)18-36-19-24(34)16-30-8-10-31(11-9-30)17-26-29-25(20-37-26)28(35)33-14-12-32(13-15-33)27-22(3)6-5-7-23(27)4/h5-7,20-21,24,34H,8-19H2,1-4H3/t24-/m0/s1. The summed E-state index contributed by atoms with van der Waals surface area (Å²) in [6.45, 7) is 17.2. The van der Waals surface area contributed by atoms with Gasteiger partial charge < -0.3 is 24.1 Å². The molecule has 2 aromatic rings. The van der Waals surface area contributed by atoms with Crippen molar-refractivity contribution in [1.29, 1.82) is 0 Å². The van der Waals surface area contributed by atoms with E-state index < -0.39 is 6.10 Å². The van der Waals surface area contributed by atoms with Gasteiger partial charge in [-0.2, -0.15) is 0 Å². The summed E-state index contributed by atoms with van der Waals surface area (Å²) < 4.78 is 11.2. The fourth-order valence-electron chi connectivity index (χ4n) is 5.19. The summed E-state index contributed by atoms with van der Waals surface area (Å²) >= 11 is 0. The van der Waals surface area contributed by atoms with Crippen molar-refractivity contribution in [2.24, 2.45) is 5.92 Å². The maximum atomic E-state index is 13.1. The largest absolute Gasteiger partial charge is 0.447 e. The van der Waals surface area contributed by atoms with Crippen LogP contribution in [0.2, 0.25) is 0 Å². The lowest BCUT2D eigenvalue weighted by molar-refractivity contribution is -0.000850. The minimum absolute atomic E-state index is 0.0605. The average molecular weight is 514 g/mol. The number of piperazine rings is 2. The third kappa shape index (κ3) is 7.54. The van der Waals surface area contributed by atoms with Gasteiger partial charge in [0.05, 0.1) is 19.3 Å². The number of carbonyl (C=O) groups excluding carboxylic acids is 1. The molecule has 1 aromatic heterocycles. The van der Waals surface area contributed by atoms with Crippen molar-refractivity contribution in [2.45, 2.75) is 40.3 Å². The Bertz CT molecular complexity index is 990. The van der Waals surface area contributed by atoms with Gasteiger partial charge in [-0.25, -0.2) is 4.98 Å². The Morgan fingerprint density at radius 2 is 1.65 bits per heavy atom. The first-order chi connectivity index (χ1) is 17.8. The number of benzene rings is 1. The number of aryl methyl sites for hydroxylation is 2. The van der Waals surface area contributed by atoms with Crippen LogP contribution < -0.4 is 4.90 Å². The Labute approximate surface area is 221 Å². The van der Waals surface area contributed by atoms with Crippen LogP contribution in [-0.2, 0) is 11.3 Å². The number of carbonyl (C=O) groups is 1. The number of aliphatic hydroxyl groups is 1. The number of para-hydroxylation sites is 1. The molecule has 37 heavy (non-hydrogen) atoms. The second kappa shape index (κ2) is 12.9. The first-order valence-electron chi connectivity index (χ1n) is 13.6. The van der Waals surface area contributed by atoms with E-state index in [0.717, 1.165) is 39.3 Å². The van der Waals surface area contributed by atoms with Gasteiger partial charge in [-0.15, -0.1) is 0 Å². The van der Waals surface area contributed by atoms with E-state index in [0.29, 0.717) is 56.9 Å². The van der Waals surface area contributed by atoms with Crippen molar-refractivity contribution < 1.29 is 19.1 Å². The lowest BCUT2D eigenvalue weighted by atomic mass is 10.1. The fraction of sp³-hybridized carbons (Fsp3) is 0.643. The number of anilines is 1. The molecule has 0 unspecified atom stereocenters. The third-order valence-corrected chi connectivity index (χ3v) is 7.15. The summed E-state index contributed by atoms with van der Waals surface area (Å²) in [7, 11) is 0. The van der Waals surface area contributed by atoms with Gasteiger partial charge in [-0.1, -0.05) is 32.0 Å². The minimum Gasteiger partial charge on any atom is -0.447 e. The average Bonchev–Trinajstić information content (AvgIpc) is 3.33. The number of rotatable bonds is 10. The summed E-state index contributed by atoms with van der Waals surface area (Å²) in [5, 5.41) is 10.2. The number of hydrogen-bond acceptors (Lipinski definition) is 8. The molecule has 1 N–H and O–H groups in total. The van der Waals surface area contributed by atoms with E-state index in [2.05, 4.69) is 65.6 Å². The highest BCUT2D eigenvalue weighted by atomic mass is 16.5. The van der Waals surface area contributed by atoms with Crippen LogP contribution in [0.25, 0.3) is 0 Å². The highest BCUT2D eigenvalue weighted by molar-refractivity contribution is 5.92. The molecule has 9 heteroatoms. The Balaban J connectivity index is 1.20. The van der Waals surface area contributed by atoms with E-state index in [1.807, 2.05) is 4.90 Å². The van der Waals surface area contributed by atoms with Crippen LogP contribution in [0.3, 0.4) is 0 Å². The molecule has 2 saturated heterocycles. The molecule has 0 spiro atoms. The second-order valence-electron chi connectivity index (χ2n) is 10.8. The highest BCUT2D eigenvalue weighted by Gasteiger charge is 2.26. The highest BCUT2D eigenvalue weighted by Crippen LogP contribution is 2.26. The number of amides is 1. The van der Waals surface area contributed by atoms with Crippen LogP contribution >= 0.6 is 0 Å². The van der Waals surface area contributed by atoms with Gasteiger partial charge in [0.1, 0.15) is 6.26 Å². The SMILES string of the molecule is Cc1cccc(C)c1N1CCN(C(=O)c2coc(CN3CCN(C[C@H](O)COCC(C)C)CC3)n2)CC1. The van der Waals surface area contributed by atoms with Gasteiger partial charge in [0.15, 0.2) is 5.69 Å². The van der Waals surface area contributed by atoms with Crippen LogP contribution in [0.1, 0.15) is 41.4 Å². The van der Waals surface area contributed by atoms with Crippen LogP contribution in [0, 0.1) is 19.8 Å². The first kappa shape index (κ1) is 27.6. The van der Waals surface area contributed by atoms with E-state index in [-0.39, 0.29) is 5.91 Å². The summed E-state index contributed by atoms with van der Waals surface area (Å²) in [6.07, 6.45) is 1.03.